The van der Waals surface area contributed by atoms with E-state index in [0.29, 0.717) is 5.92 Å². The van der Waals surface area contributed by atoms with Gasteiger partial charge in [0.15, 0.2) is 0 Å². The Bertz CT molecular complexity index is 1040. The average Bonchev–Trinajstić information content (AvgIpc) is 3.16. The molecule has 0 spiro atoms. The van der Waals surface area contributed by atoms with Crippen LogP contribution in [0.4, 0.5) is 11.5 Å². The lowest BCUT2D eigenvalue weighted by Crippen LogP contribution is -2.47. The van der Waals surface area contributed by atoms with Gasteiger partial charge in [0, 0.05) is 56.3 Å². The molecule has 0 N–H and O–H groups in total. The molecule has 5 nitrogen and oxygen atoms in total. The number of likely N-dealkylation sites (N-methyl/N-ethyl adjacent to an activating group) is 1. The van der Waals surface area contributed by atoms with Gasteiger partial charge >= 0.3 is 0 Å². The summed E-state index contributed by atoms with van der Waals surface area (Å²) < 4.78 is 0. The fourth-order valence-corrected chi connectivity index (χ4v) is 6.12. The van der Waals surface area contributed by atoms with Gasteiger partial charge in [-0.1, -0.05) is 39.0 Å². The molecular formula is C25H33N5S. The molecule has 1 saturated heterocycles. The lowest BCUT2D eigenvalue weighted by Gasteiger charge is -2.37. The van der Waals surface area contributed by atoms with E-state index in [2.05, 4.69) is 65.8 Å². The van der Waals surface area contributed by atoms with Crippen LogP contribution in [0.2, 0.25) is 0 Å². The Kier molecular flexibility index (Phi) is 5.85. The lowest BCUT2D eigenvalue weighted by molar-refractivity contribution is 0.272. The second-order valence-corrected chi connectivity index (χ2v) is 10.3. The number of aromatic nitrogens is 2. The number of anilines is 2. The van der Waals surface area contributed by atoms with E-state index in [1.54, 1.807) is 0 Å². The number of piperazine rings is 1. The maximum absolute atomic E-state index is 5.17. The van der Waals surface area contributed by atoms with E-state index >= 15 is 0 Å². The van der Waals surface area contributed by atoms with E-state index in [1.807, 2.05) is 11.3 Å². The molecule has 1 aromatic carbocycles. The van der Waals surface area contributed by atoms with Gasteiger partial charge in [0.2, 0.25) is 0 Å². The van der Waals surface area contributed by atoms with Crippen molar-refractivity contribution in [3.05, 3.63) is 46.6 Å². The highest BCUT2D eigenvalue weighted by molar-refractivity contribution is 7.19. The largest absolute Gasteiger partial charge is 0.368 e. The first-order valence-corrected chi connectivity index (χ1v) is 12.5. The summed E-state index contributed by atoms with van der Waals surface area (Å²) in [5, 5.41) is 1.34. The van der Waals surface area contributed by atoms with Crippen LogP contribution in [-0.2, 0) is 19.4 Å². The normalized spacial score (nSPS) is 17.5. The molecule has 0 atom stereocenters. The molecular weight excluding hydrogens is 402 g/mol. The Labute approximate surface area is 189 Å². The topological polar surface area (TPSA) is 35.5 Å². The molecule has 0 amide bonds. The maximum atomic E-state index is 5.17. The highest BCUT2D eigenvalue weighted by atomic mass is 32.1. The van der Waals surface area contributed by atoms with Crippen molar-refractivity contribution in [2.75, 3.05) is 49.1 Å². The fourth-order valence-electron chi connectivity index (χ4n) is 4.84. The van der Waals surface area contributed by atoms with Crippen molar-refractivity contribution < 1.29 is 0 Å². The smallest absolute Gasteiger partial charge is 0.141 e. The number of rotatable bonds is 5. The summed E-state index contributed by atoms with van der Waals surface area (Å²) in [7, 11) is 0. The van der Waals surface area contributed by atoms with Crippen molar-refractivity contribution in [1.82, 2.24) is 14.9 Å². The highest BCUT2D eigenvalue weighted by Gasteiger charge is 2.27. The third-order valence-electron chi connectivity index (χ3n) is 6.55. The number of nitrogens with zero attached hydrogens (tertiary/aromatic N) is 5. The fraction of sp³-hybridized carbons (Fsp3) is 0.520. The second-order valence-electron chi connectivity index (χ2n) is 9.17. The molecule has 0 bridgehead atoms. The van der Waals surface area contributed by atoms with Gasteiger partial charge in [-0.25, -0.2) is 9.97 Å². The minimum atomic E-state index is 0.561. The van der Waals surface area contributed by atoms with Crippen LogP contribution in [0.3, 0.4) is 0 Å². The number of fused-ring (bicyclic) bond motifs is 3. The van der Waals surface area contributed by atoms with Crippen molar-refractivity contribution in [3.63, 3.8) is 0 Å². The van der Waals surface area contributed by atoms with Gasteiger partial charge in [0.1, 0.15) is 16.5 Å². The average molecular weight is 436 g/mol. The lowest BCUT2D eigenvalue weighted by atomic mass is 10.0. The molecule has 31 heavy (non-hydrogen) atoms. The molecule has 0 aliphatic carbocycles. The molecule has 5 rings (SSSR count). The van der Waals surface area contributed by atoms with E-state index in [9.17, 15) is 0 Å². The van der Waals surface area contributed by atoms with Gasteiger partial charge in [0.25, 0.3) is 0 Å². The summed E-state index contributed by atoms with van der Waals surface area (Å²) in [6.07, 6.45) is 2.06. The second kappa shape index (κ2) is 8.75. The monoisotopic (exact) mass is 435 g/mol. The zero-order chi connectivity index (χ0) is 21.4. The third kappa shape index (κ3) is 4.15. The van der Waals surface area contributed by atoms with E-state index in [4.69, 9.17) is 9.97 Å². The van der Waals surface area contributed by atoms with Gasteiger partial charge in [-0.3, -0.25) is 4.90 Å². The van der Waals surface area contributed by atoms with Crippen molar-refractivity contribution in [2.24, 2.45) is 5.92 Å². The molecule has 164 valence electrons. The number of hydrogen-bond acceptors (Lipinski definition) is 6. The van der Waals surface area contributed by atoms with Crippen molar-refractivity contribution in [1.29, 1.82) is 0 Å². The van der Waals surface area contributed by atoms with E-state index in [-0.39, 0.29) is 0 Å². The van der Waals surface area contributed by atoms with Crippen molar-refractivity contribution in [2.45, 2.75) is 40.2 Å². The number of hydrogen-bond donors (Lipinski definition) is 0. The Morgan fingerprint density at radius 1 is 0.968 bits per heavy atom. The zero-order valence-corrected chi connectivity index (χ0v) is 19.8. The third-order valence-corrected chi connectivity index (χ3v) is 7.66. The first kappa shape index (κ1) is 20.7. The Morgan fingerprint density at radius 2 is 1.71 bits per heavy atom. The minimum Gasteiger partial charge on any atom is -0.368 e. The summed E-state index contributed by atoms with van der Waals surface area (Å²) in [6, 6.07) is 10.8. The molecule has 0 radical (unpaired) electrons. The van der Waals surface area contributed by atoms with E-state index < -0.39 is 0 Å². The minimum absolute atomic E-state index is 0.561. The highest BCUT2D eigenvalue weighted by Crippen LogP contribution is 2.39. The van der Waals surface area contributed by atoms with Crippen LogP contribution in [0.5, 0.6) is 0 Å². The quantitative estimate of drug-likeness (QED) is 0.586. The SMILES string of the molecule is CCN1CCc2c(sc3nc(CC(C)C)nc(N4CCN(c5ccccc5)CC4)c23)C1. The summed E-state index contributed by atoms with van der Waals surface area (Å²) in [6.45, 7) is 14.2. The Morgan fingerprint density at radius 3 is 2.42 bits per heavy atom. The van der Waals surface area contributed by atoms with E-state index in [1.165, 1.54) is 32.2 Å². The molecule has 2 aromatic heterocycles. The van der Waals surface area contributed by atoms with Gasteiger partial charge < -0.3 is 9.80 Å². The molecule has 0 unspecified atom stereocenters. The van der Waals surface area contributed by atoms with E-state index in [0.717, 1.165) is 64.5 Å². The van der Waals surface area contributed by atoms with Crippen LogP contribution in [-0.4, -0.2) is 54.1 Å². The number of para-hydroxylation sites is 1. The van der Waals surface area contributed by atoms with Crippen LogP contribution in [0.25, 0.3) is 10.2 Å². The maximum Gasteiger partial charge on any atom is 0.141 e. The summed E-state index contributed by atoms with van der Waals surface area (Å²) >= 11 is 1.91. The predicted octanol–water partition coefficient (Wildman–Crippen LogP) is 4.59. The van der Waals surface area contributed by atoms with Gasteiger partial charge in [0.05, 0.1) is 5.39 Å². The summed E-state index contributed by atoms with van der Waals surface area (Å²) in [5.41, 5.74) is 2.84. The van der Waals surface area contributed by atoms with Crippen LogP contribution in [0.1, 0.15) is 37.0 Å². The Balaban J connectivity index is 1.49. The molecule has 2 aliphatic heterocycles. The molecule has 4 heterocycles. The first-order valence-electron chi connectivity index (χ1n) is 11.7. The first-order chi connectivity index (χ1) is 15.1. The van der Waals surface area contributed by atoms with Gasteiger partial charge in [-0.2, -0.15) is 0 Å². The van der Waals surface area contributed by atoms with Crippen molar-refractivity contribution >= 4 is 33.1 Å². The standard InChI is InChI=1S/C25H33N5S/c1-4-28-11-10-20-21(17-28)31-25-23(20)24(26-22(27-25)16-18(2)3)30-14-12-29(13-15-30)19-8-6-5-7-9-19/h5-9,18H,4,10-17H2,1-3H3. The molecule has 3 aromatic rings. The predicted molar refractivity (Wildman–Crippen MR) is 131 cm³/mol. The van der Waals surface area contributed by atoms with Gasteiger partial charge in [-0.05, 0) is 36.6 Å². The Hall–Kier alpha value is -2.18. The molecule has 1 fully saturated rings. The van der Waals surface area contributed by atoms with Crippen LogP contribution in [0.15, 0.2) is 30.3 Å². The zero-order valence-electron chi connectivity index (χ0n) is 19.0. The van der Waals surface area contributed by atoms with Gasteiger partial charge in [-0.15, -0.1) is 11.3 Å². The van der Waals surface area contributed by atoms with Crippen LogP contribution in [0, 0.1) is 5.92 Å². The summed E-state index contributed by atoms with van der Waals surface area (Å²) in [5.74, 6) is 2.76. The molecule has 0 saturated carbocycles. The van der Waals surface area contributed by atoms with Crippen LogP contribution >= 0.6 is 11.3 Å². The molecule has 2 aliphatic rings. The number of thiophene rings is 1. The van der Waals surface area contributed by atoms with Crippen molar-refractivity contribution in [3.8, 4) is 0 Å². The summed E-state index contributed by atoms with van der Waals surface area (Å²) in [4.78, 5) is 20.5. The van der Waals surface area contributed by atoms with Crippen LogP contribution < -0.4 is 9.80 Å². The number of benzene rings is 1. The molecule has 6 heteroatoms.